The predicted molar refractivity (Wildman–Crippen MR) is 116 cm³/mol. The van der Waals surface area contributed by atoms with Gasteiger partial charge in [0.2, 0.25) is 5.91 Å². The van der Waals surface area contributed by atoms with Crippen molar-refractivity contribution in [3.8, 4) is 0 Å². The second-order valence-corrected chi connectivity index (χ2v) is 8.78. The van der Waals surface area contributed by atoms with Crippen LogP contribution in [-0.2, 0) is 28.9 Å². The summed E-state index contributed by atoms with van der Waals surface area (Å²) in [5, 5.41) is 3.43. The maximum Gasteiger partial charge on any atom is 0.337 e. The first kappa shape index (κ1) is 20.3. The highest BCUT2D eigenvalue weighted by Crippen LogP contribution is 2.35. The summed E-state index contributed by atoms with van der Waals surface area (Å²) < 4.78 is 6.10. The minimum atomic E-state index is -0.442. The number of rotatable bonds is 4. The van der Waals surface area contributed by atoms with Crippen LogP contribution < -0.4 is 10.9 Å². The van der Waals surface area contributed by atoms with Crippen molar-refractivity contribution in [3.05, 3.63) is 56.4 Å². The summed E-state index contributed by atoms with van der Waals surface area (Å²) in [6, 6.07) is 6.39. The first-order valence-electron chi connectivity index (χ1n) is 9.87. The summed E-state index contributed by atoms with van der Waals surface area (Å²) in [4.78, 5) is 43.9. The summed E-state index contributed by atoms with van der Waals surface area (Å²) in [5.41, 5.74) is 1.89. The maximum absolute atomic E-state index is 13.2. The number of nitrogens with zero attached hydrogens (tertiary/aromatic N) is 2. The van der Waals surface area contributed by atoms with Crippen LogP contribution >= 0.6 is 11.3 Å². The number of aryl methyl sites for hydroxylation is 2. The number of carbonyl (C=O) groups is 2. The van der Waals surface area contributed by atoms with Gasteiger partial charge in [-0.05, 0) is 61.9 Å². The number of hydrogen-bond donors (Lipinski definition) is 1. The molecule has 7 nitrogen and oxygen atoms in total. The molecule has 0 radical (unpaired) electrons. The zero-order chi connectivity index (χ0) is 21.4. The van der Waals surface area contributed by atoms with E-state index in [9.17, 15) is 14.4 Å². The van der Waals surface area contributed by atoms with Crippen LogP contribution in [0.4, 0.5) is 5.69 Å². The molecule has 1 aromatic carbocycles. The zero-order valence-corrected chi connectivity index (χ0v) is 18.0. The molecule has 1 atom stereocenters. The van der Waals surface area contributed by atoms with Gasteiger partial charge < -0.3 is 10.1 Å². The van der Waals surface area contributed by atoms with Gasteiger partial charge in [-0.25, -0.2) is 9.78 Å². The van der Waals surface area contributed by atoms with Crippen molar-refractivity contribution in [2.45, 2.75) is 39.7 Å². The van der Waals surface area contributed by atoms with Gasteiger partial charge >= 0.3 is 5.97 Å². The number of aromatic nitrogens is 2. The molecule has 1 aliphatic rings. The van der Waals surface area contributed by atoms with Crippen molar-refractivity contribution in [2.24, 2.45) is 5.92 Å². The monoisotopic (exact) mass is 425 g/mol. The van der Waals surface area contributed by atoms with Gasteiger partial charge in [-0.2, -0.15) is 0 Å². The van der Waals surface area contributed by atoms with Crippen molar-refractivity contribution in [1.29, 1.82) is 0 Å². The number of anilines is 1. The van der Waals surface area contributed by atoms with Gasteiger partial charge in [-0.15, -0.1) is 11.3 Å². The third-order valence-corrected chi connectivity index (χ3v) is 6.65. The minimum absolute atomic E-state index is 0.118. The highest BCUT2D eigenvalue weighted by atomic mass is 32.1. The Hall–Kier alpha value is -3.00. The lowest BCUT2D eigenvalue weighted by molar-refractivity contribution is -0.116. The first-order valence-corrected chi connectivity index (χ1v) is 10.7. The summed E-state index contributed by atoms with van der Waals surface area (Å²) in [6.07, 6.45) is 2.93. The van der Waals surface area contributed by atoms with Gasteiger partial charge in [0.05, 0.1) is 18.1 Å². The molecule has 1 aliphatic carbocycles. The van der Waals surface area contributed by atoms with E-state index in [1.165, 1.54) is 16.6 Å². The molecule has 156 valence electrons. The van der Waals surface area contributed by atoms with Gasteiger partial charge in [-0.1, -0.05) is 6.92 Å². The zero-order valence-electron chi connectivity index (χ0n) is 17.2. The molecule has 0 spiro atoms. The van der Waals surface area contributed by atoms with E-state index in [4.69, 9.17) is 0 Å². The fraction of sp³-hybridized carbons (Fsp3) is 0.364. The summed E-state index contributed by atoms with van der Waals surface area (Å²) in [7, 11) is 1.31. The normalized spacial score (nSPS) is 15.6. The van der Waals surface area contributed by atoms with Crippen LogP contribution in [0.5, 0.6) is 0 Å². The number of methoxy groups -OCH3 is 1. The number of carbonyl (C=O) groups excluding carboxylic acids is 2. The molecule has 0 saturated heterocycles. The number of thiophene rings is 1. The van der Waals surface area contributed by atoms with Gasteiger partial charge in [0.15, 0.2) is 0 Å². The maximum atomic E-state index is 13.2. The Balaban J connectivity index is 1.58. The number of ether oxygens (including phenoxy) is 1. The number of fused-ring (bicyclic) bond motifs is 3. The molecule has 4 rings (SSSR count). The van der Waals surface area contributed by atoms with E-state index < -0.39 is 5.97 Å². The molecular weight excluding hydrogens is 402 g/mol. The Bertz CT molecular complexity index is 1190. The van der Waals surface area contributed by atoms with Gasteiger partial charge in [0.25, 0.3) is 5.56 Å². The summed E-state index contributed by atoms with van der Waals surface area (Å²) >= 11 is 1.60. The molecule has 1 unspecified atom stereocenters. The third-order valence-electron chi connectivity index (χ3n) is 5.50. The molecule has 1 amide bonds. The number of amides is 1. The summed E-state index contributed by atoms with van der Waals surface area (Å²) in [5.74, 6) is 0.369. The fourth-order valence-corrected chi connectivity index (χ4v) is 5.28. The molecule has 0 bridgehead atoms. The number of esters is 1. The average molecular weight is 426 g/mol. The molecular formula is C22H23N3O4S. The molecule has 30 heavy (non-hydrogen) atoms. The van der Waals surface area contributed by atoms with Crippen LogP contribution in [-0.4, -0.2) is 28.5 Å². The quantitative estimate of drug-likeness (QED) is 0.648. The van der Waals surface area contributed by atoms with E-state index >= 15 is 0 Å². The van der Waals surface area contributed by atoms with Crippen LogP contribution in [0.1, 0.15) is 40.0 Å². The first-order chi connectivity index (χ1) is 14.4. The molecule has 0 aliphatic heterocycles. The molecule has 0 saturated carbocycles. The Morgan fingerprint density at radius 2 is 2.03 bits per heavy atom. The largest absolute Gasteiger partial charge is 0.465 e. The number of nitrogens with one attached hydrogen (secondary N) is 1. The standard InChI is InChI=1S/C22H23N3O4S/c1-12-4-9-16-17(10-12)30-20-19(16)21(27)25(13(2)23-20)11-18(26)24-15-7-5-14(6-8-15)22(28)29-3/h5-8,12H,4,9-11H2,1-3H3,(H,24,26). The van der Waals surface area contributed by atoms with E-state index in [2.05, 4.69) is 22.0 Å². The van der Waals surface area contributed by atoms with E-state index in [-0.39, 0.29) is 18.0 Å². The molecule has 0 fully saturated rings. The molecule has 2 aromatic heterocycles. The van der Waals surface area contributed by atoms with Crippen molar-refractivity contribution < 1.29 is 14.3 Å². The topological polar surface area (TPSA) is 90.3 Å². The smallest absolute Gasteiger partial charge is 0.337 e. The van der Waals surface area contributed by atoms with Gasteiger partial charge in [0, 0.05) is 10.6 Å². The molecule has 3 aromatic rings. The van der Waals surface area contributed by atoms with Gasteiger partial charge in [0.1, 0.15) is 17.2 Å². The molecule has 1 N–H and O–H groups in total. The minimum Gasteiger partial charge on any atom is -0.465 e. The number of hydrogen-bond acceptors (Lipinski definition) is 6. The highest BCUT2D eigenvalue weighted by molar-refractivity contribution is 7.18. The predicted octanol–water partition coefficient (Wildman–Crippen LogP) is 3.32. The van der Waals surface area contributed by atoms with Crippen molar-refractivity contribution in [1.82, 2.24) is 9.55 Å². The van der Waals surface area contributed by atoms with Crippen molar-refractivity contribution >= 4 is 39.1 Å². The fourth-order valence-electron chi connectivity index (χ4n) is 3.86. The average Bonchev–Trinajstić information content (AvgIpc) is 3.08. The van der Waals surface area contributed by atoms with Crippen molar-refractivity contribution in [3.63, 3.8) is 0 Å². The van der Waals surface area contributed by atoms with Crippen LogP contribution in [0.25, 0.3) is 10.2 Å². The van der Waals surface area contributed by atoms with Crippen LogP contribution in [0, 0.1) is 12.8 Å². The Morgan fingerprint density at radius 3 is 2.73 bits per heavy atom. The Kier molecular flexibility index (Phi) is 5.42. The Morgan fingerprint density at radius 1 is 1.30 bits per heavy atom. The van der Waals surface area contributed by atoms with Gasteiger partial charge in [-0.3, -0.25) is 14.2 Å². The van der Waals surface area contributed by atoms with Crippen LogP contribution in [0.2, 0.25) is 0 Å². The van der Waals surface area contributed by atoms with E-state index in [1.54, 1.807) is 42.5 Å². The molecule has 2 heterocycles. The lowest BCUT2D eigenvalue weighted by Gasteiger charge is -2.17. The molecule has 8 heteroatoms. The Labute approximate surface area is 177 Å². The van der Waals surface area contributed by atoms with Crippen LogP contribution in [0.15, 0.2) is 29.1 Å². The van der Waals surface area contributed by atoms with E-state index in [0.717, 1.165) is 29.7 Å². The van der Waals surface area contributed by atoms with Crippen LogP contribution in [0.3, 0.4) is 0 Å². The number of benzene rings is 1. The van der Waals surface area contributed by atoms with Crippen molar-refractivity contribution in [2.75, 3.05) is 12.4 Å². The second kappa shape index (κ2) is 8.02. The third kappa shape index (κ3) is 3.75. The lowest BCUT2D eigenvalue weighted by atomic mass is 9.89. The second-order valence-electron chi connectivity index (χ2n) is 7.70. The van der Waals surface area contributed by atoms with E-state index in [1.807, 2.05) is 0 Å². The van der Waals surface area contributed by atoms with E-state index in [0.29, 0.717) is 28.4 Å². The lowest BCUT2D eigenvalue weighted by Crippen LogP contribution is -2.30. The SMILES string of the molecule is COC(=O)c1ccc(NC(=O)Cn2c(C)nc3sc4c(c3c2=O)CCC(C)C4)cc1. The highest BCUT2D eigenvalue weighted by Gasteiger charge is 2.24. The summed E-state index contributed by atoms with van der Waals surface area (Å²) in [6.45, 7) is 3.86.